The van der Waals surface area contributed by atoms with Crippen LogP contribution in [0.4, 0.5) is 0 Å². The van der Waals surface area contributed by atoms with Gasteiger partial charge in [-0.1, -0.05) is 37.1 Å². The number of allylic oxidation sites excluding steroid dienone is 1. The summed E-state index contributed by atoms with van der Waals surface area (Å²) in [5, 5.41) is 0.795. The van der Waals surface area contributed by atoms with Crippen molar-refractivity contribution in [2.75, 3.05) is 34.8 Å². The van der Waals surface area contributed by atoms with Crippen molar-refractivity contribution in [1.29, 1.82) is 0 Å². The first-order valence-electron chi connectivity index (χ1n) is 13.2. The molecule has 4 rings (SSSR count). The molecule has 0 radical (unpaired) electrons. The highest BCUT2D eigenvalue weighted by Gasteiger charge is 2.21. The first-order valence-corrected chi connectivity index (χ1v) is 13.2. The summed E-state index contributed by atoms with van der Waals surface area (Å²) in [6.45, 7) is 9.36. The molecule has 0 aliphatic heterocycles. The second-order valence-electron chi connectivity index (χ2n) is 9.94. The van der Waals surface area contributed by atoms with E-state index >= 15 is 0 Å². The molecule has 7 nitrogen and oxygen atoms in total. The van der Waals surface area contributed by atoms with Crippen LogP contribution in [0.5, 0.6) is 5.75 Å². The van der Waals surface area contributed by atoms with E-state index in [2.05, 4.69) is 42.5 Å². The van der Waals surface area contributed by atoms with Gasteiger partial charge in [0.05, 0.1) is 7.11 Å². The first-order chi connectivity index (χ1) is 19.2. The molecular formula is C33H42N2O5. The number of aldehydes is 1. The number of benzene rings is 2. The molecule has 40 heavy (non-hydrogen) atoms. The van der Waals surface area contributed by atoms with Gasteiger partial charge in [-0.05, 0) is 82.2 Å². The minimum absolute atomic E-state index is 0. The van der Waals surface area contributed by atoms with Gasteiger partial charge >= 0.3 is 0 Å². The van der Waals surface area contributed by atoms with Crippen LogP contribution in [0.25, 0.3) is 16.5 Å². The predicted octanol–water partition coefficient (Wildman–Crippen LogP) is 5.83. The molecule has 1 aliphatic rings. The fraction of sp³-hybridized carbons (Fsp3) is 0.364. The second-order valence-corrected chi connectivity index (χ2v) is 9.94. The molecule has 1 saturated carbocycles. The molecule has 0 bridgehead atoms. The monoisotopic (exact) mass is 546 g/mol. The zero-order valence-corrected chi connectivity index (χ0v) is 24.3. The lowest BCUT2D eigenvalue weighted by Gasteiger charge is -2.34. The molecule has 0 N–H and O–H groups in total. The van der Waals surface area contributed by atoms with Gasteiger partial charge in [-0.15, -0.1) is 0 Å². The van der Waals surface area contributed by atoms with Crippen molar-refractivity contribution in [2.45, 2.75) is 45.2 Å². The highest BCUT2D eigenvalue weighted by atomic mass is 16.5. The summed E-state index contributed by atoms with van der Waals surface area (Å²) in [4.78, 5) is 35.5. The van der Waals surface area contributed by atoms with Crippen molar-refractivity contribution in [3.05, 3.63) is 71.5 Å². The normalized spacial score (nSPS) is 12.3. The van der Waals surface area contributed by atoms with Gasteiger partial charge < -0.3 is 18.8 Å². The number of ketones is 1. The van der Waals surface area contributed by atoms with E-state index in [0.29, 0.717) is 29.4 Å². The largest absolute Gasteiger partial charge is 0.497 e. The average Bonchev–Trinajstić information content (AvgIpc) is 3.27. The van der Waals surface area contributed by atoms with Crippen LogP contribution >= 0.6 is 0 Å². The first kappa shape index (κ1) is 32.2. The van der Waals surface area contributed by atoms with E-state index in [1.54, 1.807) is 25.3 Å². The Kier molecular flexibility index (Phi) is 13.0. The summed E-state index contributed by atoms with van der Waals surface area (Å²) >= 11 is 0. The Hall–Kier alpha value is -3.99. The Bertz CT molecular complexity index is 1350. The molecular weight excluding hydrogens is 504 g/mol. The average molecular weight is 547 g/mol. The van der Waals surface area contributed by atoms with Crippen molar-refractivity contribution >= 4 is 35.4 Å². The van der Waals surface area contributed by atoms with Gasteiger partial charge in [0, 0.05) is 43.5 Å². The number of rotatable bonds is 9. The zero-order chi connectivity index (χ0) is 29.7. The number of hydrogen-bond donors (Lipinski definition) is 0. The minimum atomic E-state index is -0.326. The van der Waals surface area contributed by atoms with Crippen molar-refractivity contribution < 1.29 is 25.0 Å². The van der Waals surface area contributed by atoms with Gasteiger partial charge in [0.2, 0.25) is 0 Å². The summed E-state index contributed by atoms with van der Waals surface area (Å²) in [5.41, 5.74) is 3.80. The van der Waals surface area contributed by atoms with E-state index < -0.39 is 0 Å². The smallest absolute Gasteiger partial charge is 0.271 e. The predicted molar refractivity (Wildman–Crippen MR) is 163 cm³/mol. The lowest BCUT2D eigenvalue weighted by Crippen LogP contribution is -2.36. The van der Waals surface area contributed by atoms with E-state index in [0.717, 1.165) is 35.8 Å². The number of fused-ring (bicyclic) bond motifs is 1. The molecule has 2 aromatic carbocycles. The van der Waals surface area contributed by atoms with E-state index in [4.69, 9.17) is 13.9 Å². The number of furan rings is 1. The number of carbonyl (C=O) groups excluding carboxylic acids is 3. The van der Waals surface area contributed by atoms with Crippen LogP contribution < -0.4 is 4.74 Å². The number of nitrogens with zero attached hydrogens (tertiary/aromatic N) is 2. The SMILES string of the molecule is C=C(C=O)c1ccc2oc(C(=O)C#CCCN(C)C)c(C)c2c1.C=O.COc1ccc(CN(C)C2CCC2)cc1.[HH]. The molecule has 0 unspecified atom stereocenters. The third kappa shape index (κ3) is 9.04. The Morgan fingerprint density at radius 3 is 2.38 bits per heavy atom. The van der Waals surface area contributed by atoms with Gasteiger partial charge in [0.1, 0.15) is 24.4 Å². The highest BCUT2D eigenvalue weighted by molar-refractivity contribution is 6.11. The van der Waals surface area contributed by atoms with Crippen LogP contribution in [0.3, 0.4) is 0 Å². The highest BCUT2D eigenvalue weighted by Crippen LogP contribution is 2.28. The molecule has 1 aromatic heterocycles. The van der Waals surface area contributed by atoms with E-state index in [9.17, 15) is 9.59 Å². The molecule has 0 amide bonds. The molecule has 214 valence electrons. The molecule has 0 spiro atoms. The fourth-order valence-corrected chi connectivity index (χ4v) is 4.16. The number of hydrogen-bond acceptors (Lipinski definition) is 7. The Morgan fingerprint density at radius 2 is 1.82 bits per heavy atom. The molecule has 1 fully saturated rings. The molecule has 7 heteroatoms. The number of carbonyl (C=O) groups is 3. The Balaban J connectivity index is 0.000000405. The molecule has 0 saturated heterocycles. The number of ether oxygens (including phenoxy) is 1. The maximum Gasteiger partial charge on any atom is 0.271 e. The zero-order valence-electron chi connectivity index (χ0n) is 24.3. The number of aryl methyl sites for hydroxylation is 1. The van der Waals surface area contributed by atoms with Crippen LogP contribution in [-0.4, -0.2) is 69.5 Å². The van der Waals surface area contributed by atoms with Crippen LogP contribution in [0.2, 0.25) is 0 Å². The molecule has 1 heterocycles. The minimum Gasteiger partial charge on any atom is -0.497 e. The van der Waals surface area contributed by atoms with Gasteiger partial charge in [-0.3, -0.25) is 14.5 Å². The van der Waals surface area contributed by atoms with Crippen molar-refractivity contribution in [3.63, 3.8) is 0 Å². The maximum absolute atomic E-state index is 12.2. The van der Waals surface area contributed by atoms with Gasteiger partial charge in [0.25, 0.3) is 5.78 Å². The molecule has 0 atom stereocenters. The lowest BCUT2D eigenvalue weighted by atomic mass is 9.91. The summed E-state index contributed by atoms with van der Waals surface area (Å²) in [7, 11) is 7.83. The number of Topliss-reactive ketones (excluding diaryl/α,β-unsaturated/α-hetero) is 1. The van der Waals surface area contributed by atoms with E-state index in [1.165, 1.54) is 24.8 Å². The Labute approximate surface area is 239 Å². The standard InChI is InChI=1S/C19H19NO3.C13H19NO.CH2O.H2/c1-13(12-21)15-8-9-18-16(11-15)14(2)19(23-18)17(22)7-5-6-10-20(3)4;1-14(12-4-3-5-12)10-11-6-8-13(15-2)9-7-11;1-2;/h8-9,11-12H,1,6,10H2,2-4H3;6-9,12H,3-5,10H2,1-2H3;1H2;1H. The van der Waals surface area contributed by atoms with Crippen LogP contribution in [0.1, 0.15) is 54.4 Å². The van der Waals surface area contributed by atoms with Gasteiger partial charge in [-0.2, -0.15) is 0 Å². The molecule has 3 aromatic rings. The van der Waals surface area contributed by atoms with E-state index in [-0.39, 0.29) is 13.0 Å². The maximum atomic E-state index is 12.2. The Morgan fingerprint density at radius 1 is 1.15 bits per heavy atom. The van der Waals surface area contributed by atoms with Crippen molar-refractivity contribution in [3.8, 4) is 17.6 Å². The summed E-state index contributed by atoms with van der Waals surface area (Å²) < 4.78 is 10.8. The van der Waals surface area contributed by atoms with Gasteiger partial charge in [0.15, 0.2) is 5.76 Å². The second kappa shape index (κ2) is 16.2. The topological polar surface area (TPSA) is 80.1 Å². The number of methoxy groups -OCH3 is 1. The molecule has 1 aliphatic carbocycles. The van der Waals surface area contributed by atoms with Crippen molar-refractivity contribution in [2.24, 2.45) is 0 Å². The van der Waals surface area contributed by atoms with Crippen LogP contribution in [-0.2, 0) is 16.1 Å². The van der Waals surface area contributed by atoms with E-state index in [1.807, 2.05) is 44.8 Å². The summed E-state index contributed by atoms with van der Waals surface area (Å²) in [6.07, 6.45) is 5.47. The lowest BCUT2D eigenvalue weighted by molar-refractivity contribution is -0.103. The fourth-order valence-electron chi connectivity index (χ4n) is 4.16. The third-order valence-corrected chi connectivity index (χ3v) is 6.83. The summed E-state index contributed by atoms with van der Waals surface area (Å²) in [5.74, 6) is 6.35. The quantitative estimate of drug-likeness (QED) is 0.110. The summed E-state index contributed by atoms with van der Waals surface area (Å²) in [6, 6.07) is 14.5. The van der Waals surface area contributed by atoms with Crippen LogP contribution in [0, 0.1) is 18.8 Å². The third-order valence-electron chi connectivity index (χ3n) is 6.83. The van der Waals surface area contributed by atoms with Crippen molar-refractivity contribution in [1.82, 2.24) is 9.80 Å². The van der Waals surface area contributed by atoms with Gasteiger partial charge in [-0.25, -0.2) is 0 Å². The van der Waals surface area contributed by atoms with Crippen LogP contribution in [0.15, 0.2) is 53.5 Å².